The first kappa shape index (κ1) is 32.0. The second kappa shape index (κ2) is 17.1. The van der Waals surface area contributed by atoms with Gasteiger partial charge in [-0.1, -0.05) is 0 Å². The van der Waals surface area contributed by atoms with Gasteiger partial charge in [0.1, 0.15) is 0 Å². The van der Waals surface area contributed by atoms with Crippen LogP contribution in [0.3, 0.4) is 0 Å². The molecule has 6 aromatic rings. The van der Waals surface area contributed by atoms with Crippen LogP contribution in [0.2, 0.25) is 0 Å². The second-order valence-corrected chi connectivity index (χ2v) is 30.7. The van der Waals surface area contributed by atoms with Crippen LogP contribution in [0.5, 0.6) is 0 Å². The molecule has 0 heterocycles. The summed E-state index contributed by atoms with van der Waals surface area (Å²) in [5.74, 6) is 0. The van der Waals surface area contributed by atoms with Crippen LogP contribution in [-0.4, -0.2) is 5.14 Å². The van der Waals surface area contributed by atoms with Gasteiger partial charge in [-0.2, -0.15) is 0 Å². The molecule has 0 nitrogen and oxygen atoms in total. The first-order valence-electron chi connectivity index (χ1n) is 14.6. The van der Waals surface area contributed by atoms with Gasteiger partial charge in [-0.3, -0.25) is 0 Å². The van der Waals surface area contributed by atoms with Crippen LogP contribution in [-0.2, 0) is 0 Å². The number of hydrogen-bond donors (Lipinski definition) is 0. The van der Waals surface area contributed by atoms with E-state index in [1.54, 1.807) is 0 Å². The summed E-state index contributed by atoms with van der Waals surface area (Å²) in [7, 11) is -0.638. The minimum absolute atomic E-state index is 0.570. The molecule has 0 radical (unpaired) electrons. The molecule has 0 spiro atoms. The summed E-state index contributed by atoms with van der Waals surface area (Å²) in [6.07, 6.45) is -3.32. The van der Waals surface area contributed by atoms with E-state index in [1.807, 2.05) is 0 Å². The van der Waals surface area contributed by atoms with Crippen LogP contribution in [0, 0.1) is 0 Å². The molecule has 0 unspecified atom stereocenters. The Morgan fingerprint density at radius 2 is 0.545 bits per heavy atom. The Balaban J connectivity index is 1.55. The Hall–Kier alpha value is -1.99. The summed E-state index contributed by atoms with van der Waals surface area (Å²) in [5.41, 5.74) is 0. The van der Waals surface area contributed by atoms with Gasteiger partial charge in [0.05, 0.1) is 0 Å². The normalized spacial score (nSPS) is 12.5. The van der Waals surface area contributed by atoms with Crippen LogP contribution in [0.15, 0.2) is 202 Å². The van der Waals surface area contributed by atoms with Crippen molar-refractivity contribution in [2.24, 2.45) is 0 Å². The predicted octanol–water partition coefficient (Wildman–Crippen LogP) is 12.1. The number of hydrogen-bond acceptors (Lipinski definition) is 4. The maximum atomic E-state index is 2.39. The van der Waals surface area contributed by atoms with Gasteiger partial charge in [-0.25, -0.2) is 0 Å². The zero-order valence-electron chi connectivity index (χ0n) is 24.1. The molecule has 0 atom stereocenters. The van der Waals surface area contributed by atoms with Gasteiger partial charge in [0.25, 0.3) is 0 Å². The van der Waals surface area contributed by atoms with Crippen molar-refractivity contribution in [2.75, 3.05) is 0 Å². The Morgan fingerprint density at radius 1 is 0.318 bits per heavy atom. The third-order valence-corrected chi connectivity index (χ3v) is 38.1. The van der Waals surface area contributed by atoms with E-state index in [9.17, 15) is 0 Å². The van der Waals surface area contributed by atoms with Gasteiger partial charge in [0, 0.05) is 0 Å². The van der Waals surface area contributed by atoms with Crippen LogP contribution in [0.4, 0.5) is 0 Å². The van der Waals surface area contributed by atoms with E-state index in [1.165, 1.54) is 30.2 Å². The Bertz CT molecular complexity index is 1450. The van der Waals surface area contributed by atoms with E-state index < -0.39 is 20.6 Å². The van der Waals surface area contributed by atoms with Crippen molar-refractivity contribution in [3.63, 3.8) is 0 Å². The topological polar surface area (TPSA) is 0 Å². The monoisotopic (exact) mass is 700 g/mol. The van der Waals surface area contributed by atoms with Crippen molar-refractivity contribution in [2.45, 2.75) is 24.7 Å². The average molecular weight is 701 g/mol. The molecule has 0 aliphatic carbocycles. The number of benzene rings is 6. The molecule has 6 aromatic carbocycles. The van der Waals surface area contributed by atoms with E-state index in [-0.39, 0.29) is 0 Å². The zero-order valence-corrected chi connectivity index (χ0v) is 30.6. The molecule has 6 rings (SSSR count). The third kappa shape index (κ3) is 9.05. The molecule has 0 saturated carbocycles. The molecular weight excluding hydrogens is 666 g/mol. The summed E-state index contributed by atoms with van der Waals surface area (Å²) in [5, 5.41) is 3.54. The maximum absolute atomic E-state index is 2.39. The van der Waals surface area contributed by atoms with E-state index in [2.05, 4.69) is 228 Å². The molecule has 0 aliphatic rings. The SMILES string of the molecule is c1ccc(S[PH2](Sc2ccccc2)C(P(c2ccccc2)c2ccccc2)[PH2](Sc2ccccc2)Sc2ccccc2)cc1. The molecule has 0 bridgehead atoms. The van der Waals surface area contributed by atoms with Gasteiger partial charge >= 0.3 is 283 Å². The summed E-state index contributed by atoms with van der Waals surface area (Å²) < 4.78 is 0. The molecule has 0 aromatic heterocycles. The van der Waals surface area contributed by atoms with Gasteiger partial charge in [-0.15, -0.1) is 0 Å². The van der Waals surface area contributed by atoms with Crippen molar-refractivity contribution in [1.29, 1.82) is 0 Å². The molecule has 222 valence electrons. The predicted molar refractivity (Wildman–Crippen MR) is 211 cm³/mol. The fourth-order valence-electron chi connectivity index (χ4n) is 4.90. The summed E-state index contributed by atoms with van der Waals surface area (Å²) >= 11 is 8.74. The average Bonchev–Trinajstić information content (AvgIpc) is 3.09. The van der Waals surface area contributed by atoms with Crippen LogP contribution < -0.4 is 10.6 Å². The third-order valence-electron chi connectivity index (χ3n) is 6.91. The Kier molecular flexibility index (Phi) is 12.4. The summed E-state index contributed by atoms with van der Waals surface area (Å²) in [6.45, 7) is 0. The van der Waals surface area contributed by atoms with Crippen molar-refractivity contribution >= 4 is 76.7 Å². The van der Waals surface area contributed by atoms with Crippen molar-refractivity contribution < 1.29 is 0 Å². The van der Waals surface area contributed by atoms with Crippen molar-refractivity contribution in [3.05, 3.63) is 182 Å². The van der Waals surface area contributed by atoms with Gasteiger partial charge in [-0.05, 0) is 0 Å². The van der Waals surface area contributed by atoms with Gasteiger partial charge < -0.3 is 0 Å². The standard InChI is InChI=1S/C37H35P3S4/c1-7-19-31(20-8-1)38(32-21-9-2-10-22-32)37(39(41-33-23-11-3-12-24-33)42-34-25-13-4-14-26-34)40(43-35-27-15-5-16-28-35)44-36-29-17-6-18-30-36/h1-30,37H,39-40H2. The fraction of sp³-hybridized carbons (Fsp3) is 0.0270. The van der Waals surface area contributed by atoms with Crippen LogP contribution in [0.25, 0.3) is 0 Å². The van der Waals surface area contributed by atoms with E-state index in [0.717, 1.165) is 0 Å². The number of rotatable bonds is 13. The zero-order chi connectivity index (χ0) is 29.8. The van der Waals surface area contributed by atoms with Crippen LogP contribution in [0.1, 0.15) is 0 Å². The van der Waals surface area contributed by atoms with Gasteiger partial charge in [0.15, 0.2) is 0 Å². The molecule has 0 saturated heterocycles. The molecule has 0 amide bonds. The summed E-state index contributed by atoms with van der Waals surface area (Å²) in [6, 6.07) is 67.4. The van der Waals surface area contributed by atoms with Crippen molar-refractivity contribution in [3.8, 4) is 0 Å². The van der Waals surface area contributed by atoms with Crippen LogP contribution >= 0.6 is 66.1 Å². The second-order valence-electron chi connectivity index (χ2n) is 9.99. The van der Waals surface area contributed by atoms with E-state index in [0.29, 0.717) is 5.14 Å². The Labute approximate surface area is 281 Å². The molecule has 0 aliphatic heterocycles. The quantitative estimate of drug-likeness (QED) is 0.110. The molecule has 7 heteroatoms. The Morgan fingerprint density at radius 3 is 0.795 bits per heavy atom. The first-order valence-corrected chi connectivity index (χ1v) is 26.5. The minimum atomic E-state index is -1.66. The van der Waals surface area contributed by atoms with Gasteiger partial charge in [0.2, 0.25) is 0 Å². The molecule has 0 N–H and O–H groups in total. The van der Waals surface area contributed by atoms with E-state index in [4.69, 9.17) is 0 Å². The fourth-order valence-corrected chi connectivity index (χ4v) is 45.5. The van der Waals surface area contributed by atoms with Crippen molar-refractivity contribution in [1.82, 2.24) is 0 Å². The molecular formula is C37H35P3S4. The molecule has 0 fully saturated rings. The first-order chi connectivity index (χ1) is 21.8. The van der Waals surface area contributed by atoms with E-state index >= 15 is 0 Å². The summed E-state index contributed by atoms with van der Waals surface area (Å²) in [4.78, 5) is 5.54. The molecule has 44 heavy (non-hydrogen) atoms.